The minimum absolute atomic E-state index is 0. The molecule has 0 saturated carbocycles. The number of ether oxygens (including phenoxy) is 4. The Hall–Kier alpha value is -1.95. The summed E-state index contributed by atoms with van der Waals surface area (Å²) in [5.41, 5.74) is 2.59. The van der Waals surface area contributed by atoms with E-state index < -0.39 is 0 Å². The third-order valence-corrected chi connectivity index (χ3v) is 5.39. The third-order valence-electron chi connectivity index (χ3n) is 5.39. The van der Waals surface area contributed by atoms with Gasteiger partial charge in [-0.2, -0.15) is 0 Å². The average molecular weight is 406 g/mol. The molecule has 0 amide bonds. The lowest BCUT2D eigenvalue weighted by atomic mass is 9.80. The summed E-state index contributed by atoms with van der Waals surface area (Å²) >= 11 is 0. The first-order chi connectivity index (χ1) is 13.3. The van der Waals surface area contributed by atoms with E-state index in [1.807, 2.05) is 24.3 Å². The number of benzene rings is 2. The van der Waals surface area contributed by atoms with Crippen molar-refractivity contribution in [1.29, 1.82) is 0 Å². The zero-order chi connectivity index (χ0) is 18.5. The van der Waals surface area contributed by atoms with Crippen molar-refractivity contribution in [3.05, 3.63) is 53.6 Å². The average Bonchev–Trinajstić information content (AvgIpc) is 2.72. The molecule has 0 radical (unpaired) electrons. The van der Waals surface area contributed by atoms with Gasteiger partial charge < -0.3 is 24.3 Å². The Morgan fingerprint density at radius 1 is 0.964 bits per heavy atom. The minimum atomic E-state index is -0.104. The molecular weight excluding hydrogens is 378 g/mol. The molecule has 28 heavy (non-hydrogen) atoms. The highest BCUT2D eigenvalue weighted by Gasteiger charge is 2.38. The summed E-state index contributed by atoms with van der Waals surface area (Å²) in [6, 6.07) is 14.0. The topological polar surface area (TPSA) is 49.0 Å². The normalized spacial score (nSPS) is 17.3. The maximum Gasteiger partial charge on any atom is 0.123 e. The van der Waals surface area contributed by atoms with Crippen LogP contribution in [0.4, 0.5) is 0 Å². The van der Waals surface area contributed by atoms with Crippen molar-refractivity contribution in [3.63, 3.8) is 0 Å². The minimum Gasteiger partial charge on any atom is -0.497 e. The molecule has 2 heterocycles. The van der Waals surface area contributed by atoms with Crippen LogP contribution in [-0.2, 0) is 16.8 Å². The first-order valence-electron chi connectivity index (χ1n) is 9.67. The highest BCUT2D eigenvalue weighted by Crippen LogP contribution is 2.41. The van der Waals surface area contributed by atoms with E-state index in [0.717, 1.165) is 56.2 Å². The number of nitrogens with one attached hydrogen (secondary N) is 1. The van der Waals surface area contributed by atoms with E-state index in [9.17, 15) is 0 Å². The van der Waals surface area contributed by atoms with Gasteiger partial charge in [0.15, 0.2) is 0 Å². The fraction of sp³-hybridized carbons (Fsp3) is 0.455. The number of rotatable bonds is 6. The van der Waals surface area contributed by atoms with Gasteiger partial charge in [-0.15, -0.1) is 12.4 Å². The van der Waals surface area contributed by atoms with Gasteiger partial charge in [-0.25, -0.2) is 0 Å². The van der Waals surface area contributed by atoms with Gasteiger partial charge in [0.2, 0.25) is 0 Å². The molecule has 0 bridgehead atoms. The lowest BCUT2D eigenvalue weighted by Crippen LogP contribution is -2.44. The molecule has 4 rings (SSSR count). The van der Waals surface area contributed by atoms with Crippen molar-refractivity contribution in [2.45, 2.75) is 24.9 Å². The molecule has 1 fully saturated rings. The Kier molecular flexibility index (Phi) is 7.05. The number of piperidine rings is 1. The van der Waals surface area contributed by atoms with Crippen LogP contribution >= 0.6 is 12.4 Å². The molecule has 152 valence electrons. The van der Waals surface area contributed by atoms with Crippen molar-refractivity contribution < 1.29 is 18.9 Å². The highest BCUT2D eigenvalue weighted by atomic mass is 35.5. The van der Waals surface area contributed by atoms with Crippen LogP contribution in [0.15, 0.2) is 42.5 Å². The van der Waals surface area contributed by atoms with Crippen LogP contribution in [0.1, 0.15) is 24.0 Å². The van der Waals surface area contributed by atoms with Crippen molar-refractivity contribution in [2.24, 2.45) is 0 Å². The van der Waals surface area contributed by atoms with Gasteiger partial charge in [-0.1, -0.05) is 12.1 Å². The van der Waals surface area contributed by atoms with Crippen molar-refractivity contribution in [1.82, 2.24) is 5.32 Å². The Morgan fingerprint density at radius 2 is 1.68 bits per heavy atom. The van der Waals surface area contributed by atoms with E-state index in [-0.39, 0.29) is 18.0 Å². The van der Waals surface area contributed by atoms with Gasteiger partial charge in [-0.05, 0) is 67.7 Å². The Morgan fingerprint density at radius 3 is 2.43 bits per heavy atom. The summed E-state index contributed by atoms with van der Waals surface area (Å²) in [5.74, 6) is 2.47. The van der Waals surface area contributed by atoms with Gasteiger partial charge in [-0.3, -0.25) is 0 Å². The highest BCUT2D eigenvalue weighted by molar-refractivity contribution is 5.85. The molecule has 1 N–H and O–H groups in total. The van der Waals surface area contributed by atoms with Crippen LogP contribution in [0.5, 0.6) is 17.2 Å². The SMILES string of the molecule is COc1cccc(OCCOc2ccc3c(c2)CCOC32CCNCC2)c1.Cl. The fourth-order valence-electron chi connectivity index (χ4n) is 4.00. The predicted molar refractivity (Wildman–Crippen MR) is 111 cm³/mol. The van der Waals surface area contributed by atoms with Gasteiger partial charge in [0.25, 0.3) is 0 Å². The number of hydrogen-bond acceptors (Lipinski definition) is 5. The Balaban J connectivity index is 0.00000225. The van der Waals surface area contributed by atoms with E-state index >= 15 is 0 Å². The molecule has 2 aromatic carbocycles. The zero-order valence-electron chi connectivity index (χ0n) is 16.2. The molecule has 1 spiro atoms. The maximum absolute atomic E-state index is 6.23. The van der Waals surface area contributed by atoms with E-state index in [4.69, 9.17) is 18.9 Å². The van der Waals surface area contributed by atoms with E-state index in [2.05, 4.69) is 23.5 Å². The van der Waals surface area contributed by atoms with Crippen molar-refractivity contribution in [2.75, 3.05) is 40.0 Å². The van der Waals surface area contributed by atoms with Gasteiger partial charge in [0, 0.05) is 6.07 Å². The third kappa shape index (κ3) is 4.54. The second kappa shape index (κ2) is 9.50. The molecule has 0 aliphatic carbocycles. The zero-order valence-corrected chi connectivity index (χ0v) is 17.1. The number of methoxy groups -OCH3 is 1. The summed E-state index contributed by atoms with van der Waals surface area (Å²) < 4.78 is 23.1. The summed E-state index contributed by atoms with van der Waals surface area (Å²) in [6.45, 7) is 3.80. The summed E-state index contributed by atoms with van der Waals surface area (Å²) in [7, 11) is 1.65. The second-order valence-electron chi connectivity index (χ2n) is 7.04. The smallest absolute Gasteiger partial charge is 0.123 e. The first kappa shape index (κ1) is 20.8. The first-order valence-corrected chi connectivity index (χ1v) is 9.67. The van der Waals surface area contributed by atoms with Crippen LogP contribution in [-0.4, -0.2) is 40.0 Å². The molecule has 5 nitrogen and oxygen atoms in total. The predicted octanol–water partition coefficient (Wildman–Crippen LogP) is 3.73. The maximum atomic E-state index is 6.23. The van der Waals surface area contributed by atoms with Gasteiger partial charge in [0.1, 0.15) is 30.5 Å². The number of fused-ring (bicyclic) bond motifs is 2. The molecule has 2 aliphatic rings. The summed E-state index contributed by atoms with van der Waals surface area (Å²) in [4.78, 5) is 0. The summed E-state index contributed by atoms with van der Waals surface area (Å²) in [6.07, 6.45) is 3.02. The standard InChI is InChI=1S/C22H27NO4.ClH/c1-24-18-3-2-4-19(16-18)25-13-14-26-20-5-6-21-17(15-20)7-12-27-22(21)8-10-23-11-9-22;/h2-6,15-16,23H,7-14H2,1H3;1H. The lowest BCUT2D eigenvalue weighted by molar-refractivity contribution is -0.0802. The van der Waals surface area contributed by atoms with Crippen molar-refractivity contribution >= 4 is 12.4 Å². The largest absolute Gasteiger partial charge is 0.497 e. The van der Waals surface area contributed by atoms with Gasteiger partial charge in [0.05, 0.1) is 19.3 Å². The molecule has 2 aliphatic heterocycles. The molecule has 0 atom stereocenters. The van der Waals surface area contributed by atoms with Crippen molar-refractivity contribution in [3.8, 4) is 17.2 Å². The number of hydrogen-bond donors (Lipinski definition) is 1. The lowest BCUT2D eigenvalue weighted by Gasteiger charge is -2.42. The Bertz CT molecular complexity index is 777. The Labute approximate surface area is 172 Å². The monoisotopic (exact) mass is 405 g/mol. The molecule has 1 saturated heterocycles. The van der Waals surface area contributed by atoms with Crippen LogP contribution in [0.25, 0.3) is 0 Å². The number of halogens is 1. The molecule has 6 heteroatoms. The molecule has 2 aromatic rings. The second-order valence-corrected chi connectivity index (χ2v) is 7.04. The van der Waals surface area contributed by atoms with E-state index in [1.165, 1.54) is 11.1 Å². The quantitative estimate of drug-likeness (QED) is 0.742. The van der Waals surface area contributed by atoms with Crippen LogP contribution in [0.2, 0.25) is 0 Å². The van der Waals surface area contributed by atoms with E-state index in [0.29, 0.717) is 13.2 Å². The summed E-state index contributed by atoms with van der Waals surface area (Å²) in [5, 5.41) is 3.43. The molecule has 0 unspecified atom stereocenters. The molecular formula is C22H28ClNO4. The fourth-order valence-corrected chi connectivity index (χ4v) is 4.00. The van der Waals surface area contributed by atoms with Crippen LogP contribution in [0.3, 0.4) is 0 Å². The van der Waals surface area contributed by atoms with E-state index in [1.54, 1.807) is 7.11 Å². The van der Waals surface area contributed by atoms with Crippen LogP contribution < -0.4 is 19.5 Å². The van der Waals surface area contributed by atoms with Gasteiger partial charge >= 0.3 is 0 Å². The molecule has 0 aromatic heterocycles. The van der Waals surface area contributed by atoms with Crippen LogP contribution in [0, 0.1) is 0 Å².